The molecule has 0 radical (unpaired) electrons. The lowest BCUT2D eigenvalue weighted by Gasteiger charge is -2.24. The number of nitrogens with two attached hydrogens (primary N) is 1. The molecule has 2 heterocycles. The number of rotatable bonds is 3. The third-order valence-electron chi connectivity index (χ3n) is 2.96. The second kappa shape index (κ2) is 4.83. The van der Waals surface area contributed by atoms with Crippen LogP contribution in [-0.4, -0.2) is 49.4 Å². The number of nitrogens with zero attached hydrogens (tertiary/aromatic N) is 4. The number of anilines is 2. The fourth-order valence-corrected chi connectivity index (χ4v) is 2.08. The van der Waals surface area contributed by atoms with E-state index in [2.05, 4.69) is 9.97 Å². The Hall–Kier alpha value is -1.43. The van der Waals surface area contributed by atoms with Crippen LogP contribution in [0.25, 0.3) is 0 Å². The minimum Gasteiger partial charge on any atom is -0.349 e. The van der Waals surface area contributed by atoms with Gasteiger partial charge in [0, 0.05) is 39.3 Å². The molecule has 0 saturated carbocycles. The van der Waals surface area contributed by atoms with Crippen molar-refractivity contribution in [2.45, 2.75) is 18.6 Å². The van der Waals surface area contributed by atoms with Crippen LogP contribution in [-0.2, 0) is 0 Å². The van der Waals surface area contributed by atoms with E-state index in [1.807, 2.05) is 23.9 Å². The van der Waals surface area contributed by atoms with Gasteiger partial charge in [0.1, 0.15) is 12.0 Å². The number of halogens is 1. The predicted octanol–water partition coefficient (Wildman–Crippen LogP) is 0.418. The van der Waals surface area contributed by atoms with E-state index < -0.39 is 6.17 Å². The summed E-state index contributed by atoms with van der Waals surface area (Å²) in [5.41, 5.74) is 5.66. The maximum Gasteiger partial charge on any atom is 0.226 e. The normalized spacial score (nSPS) is 24.1. The quantitative estimate of drug-likeness (QED) is 0.828. The van der Waals surface area contributed by atoms with Crippen molar-refractivity contribution in [2.75, 3.05) is 37.0 Å². The van der Waals surface area contributed by atoms with Crippen LogP contribution in [0.5, 0.6) is 0 Å². The maximum atomic E-state index is 13.4. The number of hydrogen-bond donors (Lipinski definition) is 1. The van der Waals surface area contributed by atoms with Gasteiger partial charge in [0.05, 0.1) is 6.54 Å². The van der Waals surface area contributed by atoms with E-state index in [4.69, 9.17) is 5.73 Å². The van der Waals surface area contributed by atoms with E-state index >= 15 is 0 Å². The van der Waals surface area contributed by atoms with Gasteiger partial charge in [-0.1, -0.05) is 0 Å². The Morgan fingerprint density at radius 1 is 1.59 bits per heavy atom. The number of aromatic nitrogens is 2. The standard InChI is InChI=1S/C11H18FN5/c1-16(2)11-14-4-3-10(15-11)17-7-8(12)5-9(17)6-13/h3-4,8-9H,5-7,13H2,1-2H3/t8-,9-/m1/s1. The Balaban J connectivity index is 2.24. The van der Waals surface area contributed by atoms with Crippen LogP contribution in [0.3, 0.4) is 0 Å². The van der Waals surface area contributed by atoms with E-state index in [1.54, 1.807) is 12.3 Å². The van der Waals surface area contributed by atoms with Gasteiger partial charge >= 0.3 is 0 Å². The largest absolute Gasteiger partial charge is 0.349 e. The van der Waals surface area contributed by atoms with Crippen molar-refractivity contribution < 1.29 is 4.39 Å². The van der Waals surface area contributed by atoms with Gasteiger partial charge in [0.15, 0.2) is 0 Å². The molecule has 1 fully saturated rings. The fourth-order valence-electron chi connectivity index (χ4n) is 2.08. The molecule has 2 rings (SSSR count). The summed E-state index contributed by atoms with van der Waals surface area (Å²) in [6.45, 7) is 0.813. The third-order valence-corrected chi connectivity index (χ3v) is 2.96. The molecule has 0 bridgehead atoms. The van der Waals surface area contributed by atoms with Crippen molar-refractivity contribution in [3.05, 3.63) is 12.3 Å². The Morgan fingerprint density at radius 2 is 2.35 bits per heavy atom. The topological polar surface area (TPSA) is 58.3 Å². The molecule has 1 aromatic rings. The van der Waals surface area contributed by atoms with Gasteiger partial charge in [-0.25, -0.2) is 9.37 Å². The average Bonchev–Trinajstić information content (AvgIpc) is 2.70. The second-order valence-corrected chi connectivity index (χ2v) is 4.48. The van der Waals surface area contributed by atoms with E-state index in [-0.39, 0.29) is 6.04 Å². The summed E-state index contributed by atoms with van der Waals surface area (Å²) >= 11 is 0. The van der Waals surface area contributed by atoms with Gasteiger partial charge in [-0.15, -0.1) is 0 Å². The van der Waals surface area contributed by atoms with Crippen molar-refractivity contribution in [1.82, 2.24) is 9.97 Å². The third kappa shape index (κ3) is 2.46. The summed E-state index contributed by atoms with van der Waals surface area (Å²) in [5.74, 6) is 1.37. The molecule has 0 amide bonds. The zero-order valence-corrected chi connectivity index (χ0v) is 10.2. The number of alkyl halides is 1. The molecule has 1 aromatic heterocycles. The molecule has 1 aliphatic heterocycles. The Kier molecular flexibility index (Phi) is 3.42. The van der Waals surface area contributed by atoms with E-state index in [0.29, 0.717) is 25.5 Å². The molecule has 0 unspecified atom stereocenters. The Labute approximate surface area is 100 Å². The van der Waals surface area contributed by atoms with Gasteiger partial charge < -0.3 is 15.5 Å². The molecule has 0 spiro atoms. The molecule has 2 N–H and O–H groups in total. The minimum atomic E-state index is -0.818. The van der Waals surface area contributed by atoms with Crippen molar-refractivity contribution in [2.24, 2.45) is 5.73 Å². The highest BCUT2D eigenvalue weighted by atomic mass is 19.1. The summed E-state index contributed by atoms with van der Waals surface area (Å²) in [7, 11) is 3.75. The molecular weight excluding hydrogens is 221 g/mol. The Morgan fingerprint density at radius 3 is 3.00 bits per heavy atom. The van der Waals surface area contributed by atoms with Crippen molar-refractivity contribution in [3.8, 4) is 0 Å². The molecule has 6 heteroatoms. The van der Waals surface area contributed by atoms with Crippen molar-refractivity contribution in [1.29, 1.82) is 0 Å². The van der Waals surface area contributed by atoms with Gasteiger partial charge in [-0.3, -0.25) is 0 Å². The molecule has 94 valence electrons. The molecule has 1 aliphatic rings. The molecule has 0 aromatic carbocycles. The monoisotopic (exact) mass is 239 g/mol. The molecule has 2 atom stereocenters. The first-order valence-electron chi connectivity index (χ1n) is 5.73. The van der Waals surface area contributed by atoms with E-state index in [0.717, 1.165) is 5.82 Å². The lowest BCUT2D eigenvalue weighted by Crippen LogP contribution is -2.36. The lowest BCUT2D eigenvalue weighted by molar-refractivity contribution is 0.356. The van der Waals surface area contributed by atoms with Crippen LogP contribution in [0.1, 0.15) is 6.42 Å². The first kappa shape index (κ1) is 12.0. The summed E-state index contributed by atoms with van der Waals surface area (Å²) in [6.07, 6.45) is 1.36. The first-order valence-corrected chi connectivity index (χ1v) is 5.73. The first-order chi connectivity index (χ1) is 8.11. The van der Waals surface area contributed by atoms with Crippen LogP contribution < -0.4 is 15.5 Å². The zero-order chi connectivity index (χ0) is 12.4. The highest BCUT2D eigenvalue weighted by Gasteiger charge is 2.32. The highest BCUT2D eigenvalue weighted by molar-refractivity contribution is 5.45. The molecule has 5 nitrogen and oxygen atoms in total. The van der Waals surface area contributed by atoms with Crippen LogP contribution in [0, 0.1) is 0 Å². The predicted molar refractivity (Wildman–Crippen MR) is 66.1 cm³/mol. The van der Waals surface area contributed by atoms with Gasteiger partial charge in [0.2, 0.25) is 5.95 Å². The SMILES string of the molecule is CN(C)c1nccc(N2C[C@H](F)C[C@@H]2CN)n1. The Bertz CT molecular complexity index is 384. The van der Waals surface area contributed by atoms with Gasteiger partial charge in [-0.05, 0) is 6.07 Å². The van der Waals surface area contributed by atoms with E-state index in [1.165, 1.54) is 0 Å². The maximum absolute atomic E-state index is 13.4. The summed E-state index contributed by atoms with van der Waals surface area (Å²) in [5, 5.41) is 0. The van der Waals surface area contributed by atoms with Gasteiger partial charge in [-0.2, -0.15) is 4.98 Å². The van der Waals surface area contributed by atoms with Crippen LogP contribution >= 0.6 is 0 Å². The van der Waals surface area contributed by atoms with E-state index in [9.17, 15) is 4.39 Å². The molecule has 17 heavy (non-hydrogen) atoms. The lowest BCUT2D eigenvalue weighted by atomic mass is 10.2. The van der Waals surface area contributed by atoms with Crippen LogP contribution in [0.4, 0.5) is 16.2 Å². The minimum absolute atomic E-state index is 0.0370. The molecule has 1 saturated heterocycles. The summed E-state index contributed by atoms with van der Waals surface area (Å²) in [6, 6.07) is 1.84. The smallest absolute Gasteiger partial charge is 0.226 e. The van der Waals surface area contributed by atoms with Crippen LogP contribution in [0.2, 0.25) is 0 Å². The molecular formula is C11H18FN5. The second-order valence-electron chi connectivity index (χ2n) is 4.48. The summed E-state index contributed by atoms with van der Waals surface area (Å²) in [4.78, 5) is 12.3. The number of hydrogen-bond acceptors (Lipinski definition) is 5. The fraction of sp³-hybridized carbons (Fsp3) is 0.636. The summed E-state index contributed by atoms with van der Waals surface area (Å²) < 4.78 is 13.4. The van der Waals surface area contributed by atoms with Crippen molar-refractivity contribution in [3.63, 3.8) is 0 Å². The van der Waals surface area contributed by atoms with Crippen LogP contribution in [0.15, 0.2) is 12.3 Å². The zero-order valence-electron chi connectivity index (χ0n) is 10.2. The molecule has 0 aliphatic carbocycles. The van der Waals surface area contributed by atoms with Crippen molar-refractivity contribution >= 4 is 11.8 Å². The highest BCUT2D eigenvalue weighted by Crippen LogP contribution is 2.25. The van der Waals surface area contributed by atoms with Gasteiger partial charge in [0.25, 0.3) is 0 Å². The average molecular weight is 239 g/mol.